The van der Waals surface area contributed by atoms with Crippen molar-refractivity contribution in [2.24, 2.45) is 0 Å². The Morgan fingerprint density at radius 3 is 2.74 bits per heavy atom. The van der Waals surface area contributed by atoms with Crippen LogP contribution in [0.25, 0.3) is 11.0 Å². The molecule has 0 aliphatic heterocycles. The highest BCUT2D eigenvalue weighted by Gasteiger charge is 2.10. The van der Waals surface area contributed by atoms with Gasteiger partial charge in [0, 0.05) is 17.5 Å². The van der Waals surface area contributed by atoms with E-state index in [2.05, 4.69) is 12.2 Å². The van der Waals surface area contributed by atoms with Gasteiger partial charge in [-0.3, -0.25) is 4.79 Å². The number of carbonyl (C=O) groups is 1. The lowest BCUT2D eigenvalue weighted by Gasteiger charge is -2.11. The number of rotatable bonds is 7. The summed E-state index contributed by atoms with van der Waals surface area (Å²) in [6.45, 7) is 1.88. The zero-order valence-electron chi connectivity index (χ0n) is 15.3. The Morgan fingerprint density at radius 2 is 1.96 bits per heavy atom. The van der Waals surface area contributed by atoms with Crippen LogP contribution in [0.2, 0.25) is 0 Å². The molecule has 0 atom stereocenters. The van der Waals surface area contributed by atoms with Gasteiger partial charge in [-0.15, -0.1) is 0 Å². The number of ether oxygens (including phenoxy) is 2. The third-order valence-electron chi connectivity index (χ3n) is 4.07. The van der Waals surface area contributed by atoms with Gasteiger partial charge in [-0.1, -0.05) is 25.5 Å². The molecule has 1 N–H and O–H groups in total. The lowest BCUT2D eigenvalue weighted by atomic mass is 10.1. The zero-order chi connectivity index (χ0) is 19.2. The number of fused-ring (bicyclic) bond motifs is 1. The maximum atomic E-state index is 12.1. The normalized spacial score (nSPS) is 10.6. The molecule has 0 aliphatic carbocycles. The lowest BCUT2D eigenvalue weighted by Crippen LogP contribution is -2.20. The smallest absolute Gasteiger partial charge is 0.336 e. The van der Waals surface area contributed by atoms with Gasteiger partial charge in [0.05, 0.1) is 12.8 Å². The fraction of sp³-hybridized carbons (Fsp3) is 0.238. The van der Waals surface area contributed by atoms with Crippen LogP contribution < -0.4 is 20.4 Å². The minimum absolute atomic E-state index is 0.178. The van der Waals surface area contributed by atoms with Crippen molar-refractivity contribution in [3.05, 3.63) is 64.5 Å². The largest absolute Gasteiger partial charge is 0.495 e. The topological polar surface area (TPSA) is 77.8 Å². The maximum Gasteiger partial charge on any atom is 0.336 e. The van der Waals surface area contributed by atoms with Crippen molar-refractivity contribution in [2.75, 3.05) is 19.0 Å². The van der Waals surface area contributed by atoms with Gasteiger partial charge >= 0.3 is 5.63 Å². The summed E-state index contributed by atoms with van der Waals surface area (Å²) < 4.78 is 16.0. The highest BCUT2D eigenvalue weighted by molar-refractivity contribution is 5.93. The second-order valence-corrected chi connectivity index (χ2v) is 6.04. The van der Waals surface area contributed by atoms with E-state index in [0.717, 1.165) is 23.8 Å². The summed E-state index contributed by atoms with van der Waals surface area (Å²) in [6.07, 6.45) is 1.73. The predicted molar refractivity (Wildman–Crippen MR) is 104 cm³/mol. The molecule has 3 aromatic rings. The molecule has 0 radical (unpaired) electrons. The van der Waals surface area contributed by atoms with Crippen LogP contribution in [0.3, 0.4) is 0 Å². The summed E-state index contributed by atoms with van der Waals surface area (Å²) >= 11 is 0. The van der Waals surface area contributed by atoms with Crippen LogP contribution in [0.1, 0.15) is 18.9 Å². The first-order valence-corrected chi connectivity index (χ1v) is 8.73. The molecule has 3 rings (SSSR count). The molecule has 0 spiro atoms. The molecular formula is C21H21NO5. The molecule has 0 fully saturated rings. The molecular weight excluding hydrogens is 346 g/mol. The number of hydrogen-bond acceptors (Lipinski definition) is 5. The Kier molecular flexibility index (Phi) is 5.76. The van der Waals surface area contributed by atoms with Gasteiger partial charge in [0.15, 0.2) is 6.61 Å². The second-order valence-electron chi connectivity index (χ2n) is 6.04. The SMILES string of the molecule is CCCc1cc(=O)oc2cc(OCC(=O)Nc3ccccc3OC)ccc12. The predicted octanol–water partition coefficient (Wildman–Crippen LogP) is 3.77. The lowest BCUT2D eigenvalue weighted by molar-refractivity contribution is -0.118. The van der Waals surface area contributed by atoms with Gasteiger partial charge in [0.25, 0.3) is 5.91 Å². The van der Waals surface area contributed by atoms with Gasteiger partial charge in [0.1, 0.15) is 17.1 Å². The minimum Gasteiger partial charge on any atom is -0.495 e. The van der Waals surface area contributed by atoms with Crippen LogP contribution in [0.15, 0.2) is 57.7 Å². The van der Waals surface area contributed by atoms with Gasteiger partial charge in [-0.2, -0.15) is 0 Å². The summed E-state index contributed by atoms with van der Waals surface area (Å²) in [5.41, 5.74) is 1.58. The Balaban J connectivity index is 1.71. The fourth-order valence-electron chi connectivity index (χ4n) is 2.86. The number of amides is 1. The average Bonchev–Trinajstić information content (AvgIpc) is 2.66. The molecule has 0 unspecified atom stereocenters. The fourth-order valence-corrected chi connectivity index (χ4v) is 2.86. The molecule has 1 amide bonds. The quantitative estimate of drug-likeness (QED) is 0.643. The van der Waals surface area contributed by atoms with Crippen LogP contribution >= 0.6 is 0 Å². The number of methoxy groups -OCH3 is 1. The number of nitrogens with one attached hydrogen (secondary N) is 1. The molecule has 6 heteroatoms. The van der Waals surface area contributed by atoms with Crippen molar-refractivity contribution < 1.29 is 18.7 Å². The summed E-state index contributed by atoms with van der Waals surface area (Å²) in [5.74, 6) is 0.706. The van der Waals surface area contributed by atoms with Crippen LogP contribution in [-0.4, -0.2) is 19.6 Å². The maximum absolute atomic E-state index is 12.1. The van der Waals surface area contributed by atoms with Crippen molar-refractivity contribution in [3.8, 4) is 11.5 Å². The van der Waals surface area contributed by atoms with Crippen LogP contribution in [-0.2, 0) is 11.2 Å². The molecule has 27 heavy (non-hydrogen) atoms. The van der Waals surface area contributed by atoms with Crippen molar-refractivity contribution in [1.82, 2.24) is 0 Å². The standard InChI is InChI=1S/C21H21NO5/c1-3-6-14-11-21(24)27-19-12-15(9-10-16(14)19)26-13-20(23)22-17-7-4-5-8-18(17)25-2/h4-5,7-12H,3,6,13H2,1-2H3,(H,22,23). The van der Waals surface area contributed by atoms with E-state index in [1.54, 1.807) is 30.3 Å². The number of hydrogen-bond donors (Lipinski definition) is 1. The van der Waals surface area contributed by atoms with E-state index in [9.17, 15) is 9.59 Å². The van der Waals surface area contributed by atoms with E-state index in [0.29, 0.717) is 22.8 Å². The van der Waals surface area contributed by atoms with E-state index in [1.165, 1.54) is 13.2 Å². The first kappa shape index (κ1) is 18.5. The van der Waals surface area contributed by atoms with E-state index in [-0.39, 0.29) is 12.5 Å². The molecule has 1 aromatic heterocycles. The molecule has 0 bridgehead atoms. The number of anilines is 1. The Bertz CT molecular complexity index is 1010. The van der Waals surface area contributed by atoms with Crippen molar-refractivity contribution in [3.63, 3.8) is 0 Å². The van der Waals surface area contributed by atoms with Crippen LogP contribution in [0, 0.1) is 0 Å². The van der Waals surface area contributed by atoms with Gasteiger partial charge in [-0.05, 0) is 36.2 Å². The second kappa shape index (κ2) is 8.40. The van der Waals surface area contributed by atoms with Gasteiger partial charge in [-0.25, -0.2) is 4.79 Å². The third kappa shape index (κ3) is 4.47. The minimum atomic E-state index is -0.392. The average molecular weight is 367 g/mol. The van der Waals surface area contributed by atoms with Crippen molar-refractivity contribution >= 4 is 22.6 Å². The molecule has 0 aliphatic rings. The van der Waals surface area contributed by atoms with E-state index < -0.39 is 5.63 Å². The van der Waals surface area contributed by atoms with Crippen molar-refractivity contribution in [2.45, 2.75) is 19.8 Å². The molecule has 0 saturated carbocycles. The molecule has 6 nitrogen and oxygen atoms in total. The summed E-state index contributed by atoms with van der Waals surface area (Å²) in [5, 5.41) is 3.62. The Labute approximate surface area is 156 Å². The van der Waals surface area contributed by atoms with Gasteiger partial charge < -0.3 is 19.2 Å². The summed E-state index contributed by atoms with van der Waals surface area (Å²) in [4.78, 5) is 23.9. The molecule has 2 aromatic carbocycles. The highest BCUT2D eigenvalue weighted by Crippen LogP contribution is 2.25. The number of carbonyl (C=O) groups excluding carboxylic acids is 1. The zero-order valence-corrected chi connectivity index (χ0v) is 15.3. The summed E-state index contributed by atoms with van der Waals surface area (Å²) in [7, 11) is 1.54. The third-order valence-corrected chi connectivity index (χ3v) is 4.07. The first-order valence-electron chi connectivity index (χ1n) is 8.73. The first-order chi connectivity index (χ1) is 13.1. The monoisotopic (exact) mass is 367 g/mol. The van der Waals surface area contributed by atoms with Crippen LogP contribution in [0.4, 0.5) is 5.69 Å². The van der Waals surface area contributed by atoms with E-state index in [1.807, 2.05) is 12.1 Å². The number of para-hydroxylation sites is 2. The molecule has 140 valence electrons. The van der Waals surface area contributed by atoms with E-state index >= 15 is 0 Å². The van der Waals surface area contributed by atoms with Gasteiger partial charge in [0.2, 0.25) is 0 Å². The number of benzene rings is 2. The highest BCUT2D eigenvalue weighted by atomic mass is 16.5. The molecule has 0 saturated heterocycles. The van der Waals surface area contributed by atoms with Crippen molar-refractivity contribution in [1.29, 1.82) is 0 Å². The molecule has 1 heterocycles. The van der Waals surface area contributed by atoms with Crippen LogP contribution in [0.5, 0.6) is 11.5 Å². The number of aryl methyl sites for hydroxylation is 1. The van der Waals surface area contributed by atoms with E-state index in [4.69, 9.17) is 13.9 Å². The Morgan fingerprint density at radius 1 is 1.15 bits per heavy atom. The summed E-state index contributed by atoms with van der Waals surface area (Å²) in [6, 6.07) is 13.9. The Hall–Kier alpha value is -3.28.